The van der Waals surface area contributed by atoms with Crippen LogP contribution < -0.4 is 5.73 Å². The molecule has 78 valence electrons. The molecule has 4 heteroatoms. The van der Waals surface area contributed by atoms with Gasteiger partial charge in [0.05, 0.1) is 12.6 Å². The van der Waals surface area contributed by atoms with Crippen LogP contribution in [0.3, 0.4) is 0 Å². The van der Waals surface area contributed by atoms with Crippen molar-refractivity contribution in [2.24, 2.45) is 5.73 Å². The van der Waals surface area contributed by atoms with Crippen LogP contribution in [-0.4, -0.2) is 16.8 Å². The Hall–Kier alpha value is -0.770. The summed E-state index contributed by atoms with van der Waals surface area (Å²) in [7, 11) is 0. The normalized spacial score (nSPS) is 12.9. The summed E-state index contributed by atoms with van der Waals surface area (Å²) in [4.78, 5) is 0. The molecule has 0 aliphatic carbocycles. The molecule has 1 rings (SSSR count). The zero-order chi connectivity index (χ0) is 10.7. The van der Waals surface area contributed by atoms with E-state index in [0.717, 1.165) is 5.56 Å². The van der Waals surface area contributed by atoms with E-state index in [0.29, 0.717) is 17.0 Å². The van der Waals surface area contributed by atoms with Crippen molar-refractivity contribution in [1.82, 2.24) is 0 Å². The summed E-state index contributed by atoms with van der Waals surface area (Å²) in [5, 5.41) is 19.2. The molecule has 14 heavy (non-hydrogen) atoms. The highest BCUT2D eigenvalue weighted by atomic mass is 35.5. The van der Waals surface area contributed by atoms with Gasteiger partial charge in [0.15, 0.2) is 0 Å². The number of aromatic hydroxyl groups is 1. The van der Waals surface area contributed by atoms with Crippen molar-refractivity contribution in [3.8, 4) is 5.75 Å². The van der Waals surface area contributed by atoms with Crippen LogP contribution in [0.2, 0.25) is 5.02 Å². The van der Waals surface area contributed by atoms with Gasteiger partial charge in [-0.3, -0.25) is 0 Å². The lowest BCUT2D eigenvalue weighted by molar-refractivity contribution is 0.265. The molecular weight excluding hydrogens is 202 g/mol. The number of aryl methyl sites for hydroxylation is 1. The summed E-state index contributed by atoms with van der Waals surface area (Å²) in [6, 6.07) is 2.69. The van der Waals surface area contributed by atoms with E-state index in [9.17, 15) is 5.11 Å². The maximum Gasteiger partial charge on any atom is 0.123 e. The highest BCUT2D eigenvalue weighted by Crippen LogP contribution is 2.30. The predicted octanol–water partition coefficient (Wildman–Crippen LogP) is 1.60. The minimum Gasteiger partial charge on any atom is -0.507 e. The van der Waals surface area contributed by atoms with Crippen LogP contribution >= 0.6 is 11.6 Å². The summed E-state index contributed by atoms with van der Waals surface area (Å²) in [6.45, 7) is 1.71. The highest BCUT2D eigenvalue weighted by Gasteiger charge is 2.13. The number of nitrogens with two attached hydrogens (primary N) is 1. The maximum atomic E-state index is 9.77. The van der Waals surface area contributed by atoms with Crippen LogP contribution in [0.5, 0.6) is 5.75 Å². The van der Waals surface area contributed by atoms with Crippen molar-refractivity contribution in [1.29, 1.82) is 0 Å². The number of hydrogen-bond acceptors (Lipinski definition) is 3. The predicted molar refractivity (Wildman–Crippen MR) is 56.5 cm³/mol. The lowest BCUT2D eigenvalue weighted by Gasteiger charge is -2.13. The third-order valence-corrected chi connectivity index (χ3v) is 2.38. The smallest absolute Gasteiger partial charge is 0.123 e. The Kier molecular flexibility index (Phi) is 3.75. The third kappa shape index (κ3) is 2.18. The second-order valence-electron chi connectivity index (χ2n) is 3.15. The van der Waals surface area contributed by atoms with Gasteiger partial charge in [-0.2, -0.15) is 0 Å². The van der Waals surface area contributed by atoms with E-state index < -0.39 is 6.04 Å². The molecule has 1 aromatic carbocycles. The van der Waals surface area contributed by atoms with Crippen molar-refractivity contribution in [3.63, 3.8) is 0 Å². The number of rotatable bonds is 3. The first-order valence-electron chi connectivity index (χ1n) is 4.47. The Balaban J connectivity index is 3.21. The van der Waals surface area contributed by atoms with Gasteiger partial charge in [0, 0.05) is 10.6 Å². The lowest BCUT2D eigenvalue weighted by atomic mass is 10.0. The second-order valence-corrected chi connectivity index (χ2v) is 3.58. The standard InChI is InChI=1S/C10H14ClNO2/c1-2-6-3-7(11)4-8(10(6)14)9(12)5-13/h3-4,9,13-14H,2,5,12H2,1H3. The molecule has 0 amide bonds. The molecule has 0 aliphatic heterocycles. The number of aliphatic hydroxyl groups excluding tert-OH is 1. The summed E-state index contributed by atoms with van der Waals surface area (Å²) in [6.07, 6.45) is 0.678. The molecule has 4 N–H and O–H groups in total. The minimum absolute atomic E-state index is 0.137. The number of halogens is 1. The van der Waals surface area contributed by atoms with Crippen LogP contribution in [0, 0.1) is 0 Å². The van der Waals surface area contributed by atoms with E-state index in [1.54, 1.807) is 12.1 Å². The fourth-order valence-electron chi connectivity index (χ4n) is 1.33. The molecule has 1 aromatic rings. The molecule has 0 saturated heterocycles. The Morgan fingerprint density at radius 1 is 1.50 bits per heavy atom. The van der Waals surface area contributed by atoms with Crippen molar-refractivity contribution in [3.05, 3.63) is 28.3 Å². The molecule has 1 atom stereocenters. The van der Waals surface area contributed by atoms with Crippen LogP contribution in [-0.2, 0) is 6.42 Å². The lowest BCUT2D eigenvalue weighted by Crippen LogP contribution is -2.15. The van der Waals surface area contributed by atoms with Gasteiger partial charge in [-0.05, 0) is 24.1 Å². The Morgan fingerprint density at radius 2 is 2.14 bits per heavy atom. The second kappa shape index (κ2) is 4.64. The van der Waals surface area contributed by atoms with E-state index in [-0.39, 0.29) is 12.4 Å². The number of benzene rings is 1. The van der Waals surface area contributed by atoms with E-state index in [4.69, 9.17) is 22.4 Å². The number of phenolic OH excluding ortho intramolecular Hbond substituents is 1. The average molecular weight is 216 g/mol. The fraction of sp³-hybridized carbons (Fsp3) is 0.400. The molecule has 0 aliphatic rings. The van der Waals surface area contributed by atoms with Crippen molar-refractivity contribution in [2.75, 3.05) is 6.61 Å². The SMILES string of the molecule is CCc1cc(Cl)cc(C(N)CO)c1O. The van der Waals surface area contributed by atoms with E-state index in [1.165, 1.54) is 0 Å². The zero-order valence-corrected chi connectivity index (χ0v) is 8.75. The maximum absolute atomic E-state index is 9.77. The molecule has 3 nitrogen and oxygen atoms in total. The van der Waals surface area contributed by atoms with Crippen LogP contribution in [0.15, 0.2) is 12.1 Å². The molecule has 0 radical (unpaired) electrons. The molecule has 0 spiro atoms. The molecule has 0 saturated carbocycles. The monoisotopic (exact) mass is 215 g/mol. The number of hydrogen-bond donors (Lipinski definition) is 3. The summed E-state index contributed by atoms with van der Waals surface area (Å²) < 4.78 is 0. The molecule has 0 heterocycles. The topological polar surface area (TPSA) is 66.5 Å². The van der Waals surface area contributed by atoms with Crippen LogP contribution in [0.1, 0.15) is 24.1 Å². The largest absolute Gasteiger partial charge is 0.507 e. The quantitative estimate of drug-likeness (QED) is 0.718. The molecule has 0 fully saturated rings. The first kappa shape index (κ1) is 11.3. The zero-order valence-electron chi connectivity index (χ0n) is 8.00. The summed E-state index contributed by atoms with van der Waals surface area (Å²) in [5.74, 6) is 0.137. The van der Waals surface area contributed by atoms with Gasteiger partial charge in [-0.15, -0.1) is 0 Å². The number of phenols is 1. The van der Waals surface area contributed by atoms with Crippen molar-refractivity contribution in [2.45, 2.75) is 19.4 Å². The van der Waals surface area contributed by atoms with Crippen LogP contribution in [0.4, 0.5) is 0 Å². The minimum atomic E-state index is -0.584. The first-order valence-corrected chi connectivity index (χ1v) is 4.85. The van der Waals surface area contributed by atoms with E-state index in [2.05, 4.69) is 0 Å². The van der Waals surface area contributed by atoms with Gasteiger partial charge in [0.2, 0.25) is 0 Å². The van der Waals surface area contributed by atoms with Gasteiger partial charge in [-0.1, -0.05) is 18.5 Å². The van der Waals surface area contributed by atoms with E-state index >= 15 is 0 Å². The molecular formula is C10H14ClNO2. The highest BCUT2D eigenvalue weighted by molar-refractivity contribution is 6.30. The van der Waals surface area contributed by atoms with Gasteiger partial charge in [0.1, 0.15) is 5.75 Å². The van der Waals surface area contributed by atoms with Crippen molar-refractivity contribution >= 4 is 11.6 Å². The Labute approximate surface area is 88.1 Å². The van der Waals surface area contributed by atoms with Gasteiger partial charge in [0.25, 0.3) is 0 Å². The Morgan fingerprint density at radius 3 is 2.64 bits per heavy atom. The fourth-order valence-corrected chi connectivity index (χ4v) is 1.58. The van der Waals surface area contributed by atoms with Gasteiger partial charge < -0.3 is 15.9 Å². The van der Waals surface area contributed by atoms with Gasteiger partial charge in [-0.25, -0.2) is 0 Å². The average Bonchev–Trinajstić information content (AvgIpc) is 2.19. The number of aliphatic hydroxyl groups is 1. The van der Waals surface area contributed by atoms with Crippen molar-refractivity contribution < 1.29 is 10.2 Å². The molecule has 0 aromatic heterocycles. The summed E-state index contributed by atoms with van der Waals surface area (Å²) >= 11 is 5.85. The Bertz CT molecular complexity index is 328. The first-order chi connectivity index (χ1) is 6.60. The summed E-state index contributed by atoms with van der Waals surface area (Å²) in [5.41, 5.74) is 6.86. The van der Waals surface area contributed by atoms with Crippen LogP contribution in [0.25, 0.3) is 0 Å². The van der Waals surface area contributed by atoms with Gasteiger partial charge >= 0.3 is 0 Å². The van der Waals surface area contributed by atoms with E-state index in [1.807, 2.05) is 6.92 Å². The molecule has 0 bridgehead atoms. The molecule has 1 unspecified atom stereocenters. The third-order valence-electron chi connectivity index (χ3n) is 2.16.